The Bertz CT molecular complexity index is 669. The summed E-state index contributed by atoms with van der Waals surface area (Å²) < 4.78 is 10.8. The fourth-order valence-electron chi connectivity index (χ4n) is 3.91. The van der Waals surface area contributed by atoms with Gasteiger partial charge in [-0.25, -0.2) is 0 Å². The van der Waals surface area contributed by atoms with Gasteiger partial charge in [0.2, 0.25) is 11.8 Å². The number of carbonyl (C=O) groups is 2. The number of anilines is 2. The minimum atomic E-state index is -0.265. The predicted molar refractivity (Wildman–Crippen MR) is 97.3 cm³/mol. The fourth-order valence-corrected chi connectivity index (χ4v) is 3.91. The number of benzene rings is 1. The van der Waals surface area contributed by atoms with Crippen LogP contribution in [0.25, 0.3) is 0 Å². The third-order valence-electron chi connectivity index (χ3n) is 5.32. The number of morpholine rings is 2. The third-order valence-corrected chi connectivity index (χ3v) is 5.32. The van der Waals surface area contributed by atoms with Gasteiger partial charge >= 0.3 is 0 Å². The number of carbonyl (C=O) groups excluding carboxylic acids is 2. The van der Waals surface area contributed by atoms with Gasteiger partial charge in [0.25, 0.3) is 0 Å². The lowest BCUT2D eigenvalue weighted by Crippen LogP contribution is -2.44. The molecule has 0 aliphatic carbocycles. The Kier molecular flexibility index (Phi) is 5.08. The average molecular weight is 359 g/mol. The summed E-state index contributed by atoms with van der Waals surface area (Å²) in [6, 6.07) is 7.96. The summed E-state index contributed by atoms with van der Waals surface area (Å²) in [7, 11) is 0. The molecular weight excluding hydrogens is 334 g/mol. The Morgan fingerprint density at radius 2 is 1.54 bits per heavy atom. The van der Waals surface area contributed by atoms with Crippen LogP contribution in [0.4, 0.5) is 11.4 Å². The zero-order chi connectivity index (χ0) is 17.9. The number of hydrogen-bond donors (Lipinski definition) is 0. The van der Waals surface area contributed by atoms with Gasteiger partial charge in [-0.3, -0.25) is 9.59 Å². The quantitative estimate of drug-likeness (QED) is 0.796. The van der Waals surface area contributed by atoms with Crippen molar-refractivity contribution in [2.45, 2.75) is 6.42 Å². The molecule has 0 aromatic heterocycles. The molecule has 26 heavy (non-hydrogen) atoms. The average Bonchev–Trinajstić information content (AvgIpc) is 3.10. The van der Waals surface area contributed by atoms with Gasteiger partial charge in [-0.1, -0.05) is 12.1 Å². The number of ether oxygens (including phenoxy) is 2. The number of nitrogens with zero attached hydrogens (tertiary/aromatic N) is 3. The smallest absolute Gasteiger partial charge is 0.228 e. The number of para-hydroxylation sites is 2. The first-order valence-corrected chi connectivity index (χ1v) is 9.32. The van der Waals surface area contributed by atoms with Gasteiger partial charge in [0.05, 0.1) is 43.7 Å². The Hall–Kier alpha value is -2.12. The lowest BCUT2D eigenvalue weighted by atomic mass is 10.1. The molecule has 7 nitrogen and oxygen atoms in total. The van der Waals surface area contributed by atoms with Crippen LogP contribution >= 0.6 is 0 Å². The highest BCUT2D eigenvalue weighted by atomic mass is 16.5. The normalized spacial score (nSPS) is 24.2. The van der Waals surface area contributed by atoms with Gasteiger partial charge in [0.15, 0.2) is 0 Å². The lowest BCUT2D eigenvalue weighted by molar-refractivity contribution is -0.139. The van der Waals surface area contributed by atoms with Gasteiger partial charge in [-0.2, -0.15) is 0 Å². The van der Waals surface area contributed by atoms with E-state index in [1.54, 1.807) is 4.90 Å². The summed E-state index contributed by atoms with van der Waals surface area (Å²) in [6.07, 6.45) is 0.285. The second-order valence-corrected chi connectivity index (χ2v) is 6.93. The number of amides is 2. The maximum Gasteiger partial charge on any atom is 0.228 e. The minimum Gasteiger partial charge on any atom is -0.378 e. The molecule has 0 saturated carbocycles. The van der Waals surface area contributed by atoms with E-state index in [1.807, 2.05) is 29.2 Å². The number of hydrogen-bond acceptors (Lipinski definition) is 5. The van der Waals surface area contributed by atoms with Crippen molar-refractivity contribution in [3.05, 3.63) is 24.3 Å². The first-order chi connectivity index (χ1) is 12.7. The van der Waals surface area contributed by atoms with E-state index in [9.17, 15) is 9.59 Å². The van der Waals surface area contributed by atoms with E-state index < -0.39 is 0 Å². The van der Waals surface area contributed by atoms with E-state index in [1.165, 1.54) is 0 Å². The maximum absolute atomic E-state index is 12.8. The van der Waals surface area contributed by atoms with Crippen LogP contribution in [0, 0.1) is 5.92 Å². The van der Waals surface area contributed by atoms with Crippen molar-refractivity contribution in [2.75, 3.05) is 69.0 Å². The zero-order valence-corrected chi connectivity index (χ0v) is 14.9. The Balaban J connectivity index is 1.51. The van der Waals surface area contributed by atoms with Gasteiger partial charge in [0, 0.05) is 39.1 Å². The topological polar surface area (TPSA) is 62.3 Å². The highest BCUT2D eigenvalue weighted by Crippen LogP contribution is 2.34. The molecule has 0 bridgehead atoms. The molecule has 140 valence electrons. The molecule has 7 heteroatoms. The van der Waals surface area contributed by atoms with E-state index in [-0.39, 0.29) is 24.2 Å². The van der Waals surface area contributed by atoms with Crippen LogP contribution in [0.3, 0.4) is 0 Å². The van der Waals surface area contributed by atoms with Crippen molar-refractivity contribution < 1.29 is 19.1 Å². The van der Waals surface area contributed by atoms with Crippen molar-refractivity contribution in [3.63, 3.8) is 0 Å². The molecule has 0 N–H and O–H groups in total. The molecule has 3 aliphatic rings. The van der Waals surface area contributed by atoms with Gasteiger partial charge in [0.1, 0.15) is 0 Å². The Labute approximate surface area is 153 Å². The van der Waals surface area contributed by atoms with Gasteiger partial charge in [-0.05, 0) is 12.1 Å². The highest BCUT2D eigenvalue weighted by molar-refractivity contribution is 6.02. The molecule has 1 atom stereocenters. The molecule has 3 fully saturated rings. The second-order valence-electron chi connectivity index (χ2n) is 6.93. The SMILES string of the molecule is O=C(C1CC(=O)N(c2ccccc2N2CCOCC2)C1)N1CCOCC1. The molecule has 3 heterocycles. The monoisotopic (exact) mass is 359 g/mol. The first kappa shape index (κ1) is 17.3. The molecule has 0 radical (unpaired) electrons. The van der Waals surface area contributed by atoms with Crippen LogP contribution in [-0.4, -0.2) is 75.9 Å². The fraction of sp³-hybridized carbons (Fsp3) is 0.579. The molecule has 3 saturated heterocycles. The summed E-state index contributed by atoms with van der Waals surface area (Å²) in [6.45, 7) is 5.87. The second kappa shape index (κ2) is 7.63. The lowest BCUT2D eigenvalue weighted by Gasteiger charge is -2.32. The first-order valence-electron chi connectivity index (χ1n) is 9.32. The largest absolute Gasteiger partial charge is 0.378 e. The molecule has 3 aliphatic heterocycles. The molecular formula is C19H25N3O4. The summed E-state index contributed by atoms with van der Waals surface area (Å²) in [4.78, 5) is 31.3. The Morgan fingerprint density at radius 3 is 2.23 bits per heavy atom. The highest BCUT2D eigenvalue weighted by Gasteiger charge is 2.38. The molecule has 4 rings (SSSR count). The van der Waals surface area contributed by atoms with Crippen LogP contribution in [-0.2, 0) is 19.1 Å². The van der Waals surface area contributed by atoms with Crippen molar-refractivity contribution in [1.82, 2.24) is 4.90 Å². The summed E-state index contributed by atoms with van der Waals surface area (Å²) in [5.41, 5.74) is 1.94. The van der Waals surface area contributed by atoms with Crippen molar-refractivity contribution in [3.8, 4) is 0 Å². The predicted octanol–water partition coefficient (Wildman–Crippen LogP) is 0.735. The molecule has 1 aromatic rings. The van der Waals surface area contributed by atoms with Gasteiger partial charge in [-0.15, -0.1) is 0 Å². The van der Waals surface area contributed by atoms with E-state index in [0.717, 1.165) is 24.5 Å². The van der Waals surface area contributed by atoms with Gasteiger partial charge < -0.3 is 24.2 Å². The summed E-state index contributed by atoms with van der Waals surface area (Å²) >= 11 is 0. The van der Waals surface area contributed by atoms with E-state index in [4.69, 9.17) is 9.47 Å². The van der Waals surface area contributed by atoms with Crippen molar-refractivity contribution in [1.29, 1.82) is 0 Å². The molecule has 1 unspecified atom stereocenters. The van der Waals surface area contributed by atoms with Crippen LogP contribution in [0.2, 0.25) is 0 Å². The van der Waals surface area contributed by atoms with Crippen molar-refractivity contribution in [2.24, 2.45) is 5.92 Å². The van der Waals surface area contributed by atoms with Crippen molar-refractivity contribution >= 4 is 23.2 Å². The Morgan fingerprint density at radius 1 is 0.923 bits per heavy atom. The standard InChI is InChI=1S/C19H25N3O4/c23-18-13-15(19(24)21-7-11-26-12-8-21)14-22(18)17-4-2-1-3-16(17)20-5-9-25-10-6-20/h1-4,15H,5-14H2. The molecule has 1 aromatic carbocycles. The third kappa shape index (κ3) is 3.41. The van der Waals surface area contributed by atoms with E-state index in [2.05, 4.69) is 4.90 Å². The molecule has 0 spiro atoms. The number of rotatable bonds is 3. The summed E-state index contributed by atoms with van der Waals surface area (Å²) in [5, 5.41) is 0. The van der Waals surface area contributed by atoms with Crippen LogP contribution in [0.1, 0.15) is 6.42 Å². The zero-order valence-electron chi connectivity index (χ0n) is 14.9. The van der Waals surface area contributed by atoms with Crippen LogP contribution in [0.15, 0.2) is 24.3 Å². The van der Waals surface area contributed by atoms with Crippen LogP contribution in [0.5, 0.6) is 0 Å². The molecule has 2 amide bonds. The van der Waals surface area contributed by atoms with E-state index in [0.29, 0.717) is 46.1 Å². The summed E-state index contributed by atoms with van der Waals surface area (Å²) in [5.74, 6) is -0.163. The van der Waals surface area contributed by atoms with Crippen LogP contribution < -0.4 is 9.80 Å². The maximum atomic E-state index is 12.8. The van der Waals surface area contributed by atoms with E-state index >= 15 is 0 Å². The minimum absolute atomic E-state index is 0.0253.